The minimum Gasteiger partial charge on any atom is -0.371 e. The Kier molecular flexibility index (Phi) is 2.97. The van der Waals surface area contributed by atoms with Crippen molar-refractivity contribution in [1.82, 2.24) is 5.32 Å². The van der Waals surface area contributed by atoms with Gasteiger partial charge in [0.1, 0.15) is 4.99 Å². The fraction of sp³-hybridized carbons (Fsp3) is 0.308. The molecule has 2 nitrogen and oxygen atoms in total. The molecule has 0 radical (unpaired) electrons. The van der Waals surface area contributed by atoms with Crippen molar-refractivity contribution in [2.75, 3.05) is 5.32 Å². The highest BCUT2D eigenvalue weighted by molar-refractivity contribution is 7.80. The number of benzene rings is 1. The minimum absolute atomic E-state index is 0.0307. The molecule has 16 heavy (non-hydrogen) atoms. The van der Waals surface area contributed by atoms with E-state index in [1.54, 1.807) is 0 Å². The topological polar surface area (TPSA) is 24.1 Å². The first-order chi connectivity index (χ1) is 7.55. The molecule has 3 heteroatoms. The number of para-hydroxylation sites is 1. The maximum absolute atomic E-state index is 5.22. The summed E-state index contributed by atoms with van der Waals surface area (Å²) >= 11 is 5.22. The molecule has 2 N–H and O–H groups in total. The number of thiocarbonyl (C=S) groups is 1. The van der Waals surface area contributed by atoms with Gasteiger partial charge in [0.15, 0.2) is 0 Å². The lowest BCUT2D eigenvalue weighted by Gasteiger charge is -2.32. The van der Waals surface area contributed by atoms with Crippen LogP contribution in [-0.2, 0) is 0 Å². The molecule has 2 rings (SSSR count). The van der Waals surface area contributed by atoms with E-state index in [4.69, 9.17) is 12.2 Å². The third kappa shape index (κ3) is 2.83. The van der Waals surface area contributed by atoms with E-state index in [2.05, 4.69) is 36.6 Å². The lowest BCUT2D eigenvalue weighted by Crippen LogP contribution is -2.45. The van der Waals surface area contributed by atoms with Gasteiger partial charge in [-0.3, -0.25) is 0 Å². The molecule has 1 heterocycles. The second-order valence-corrected chi connectivity index (χ2v) is 5.15. The van der Waals surface area contributed by atoms with E-state index in [0.717, 1.165) is 17.1 Å². The van der Waals surface area contributed by atoms with E-state index in [-0.39, 0.29) is 5.54 Å². The fourth-order valence-corrected chi connectivity index (χ4v) is 2.30. The Labute approximate surface area is 102 Å². The molecule has 1 aromatic carbocycles. The minimum atomic E-state index is 0.0307. The summed E-state index contributed by atoms with van der Waals surface area (Å²) in [6.07, 6.45) is 2.94. The van der Waals surface area contributed by atoms with Crippen LogP contribution in [0.5, 0.6) is 0 Å². The molecule has 1 aliphatic heterocycles. The largest absolute Gasteiger partial charge is 0.371 e. The quantitative estimate of drug-likeness (QED) is 0.766. The van der Waals surface area contributed by atoms with Crippen LogP contribution in [0.1, 0.15) is 20.3 Å². The Morgan fingerprint density at radius 1 is 1.25 bits per heavy atom. The van der Waals surface area contributed by atoms with Gasteiger partial charge in [-0.15, -0.1) is 0 Å². The van der Waals surface area contributed by atoms with Gasteiger partial charge in [-0.25, -0.2) is 0 Å². The Balaban J connectivity index is 2.14. The van der Waals surface area contributed by atoms with Gasteiger partial charge in [0.2, 0.25) is 0 Å². The van der Waals surface area contributed by atoms with Crippen molar-refractivity contribution in [3.63, 3.8) is 0 Å². The Hall–Kier alpha value is -1.35. The SMILES string of the molecule is CC1(C)CC(Nc2ccccc2)=CC(=S)N1. The zero-order chi connectivity index (χ0) is 11.6. The van der Waals surface area contributed by atoms with Crippen LogP contribution in [0.2, 0.25) is 0 Å². The average molecular weight is 232 g/mol. The van der Waals surface area contributed by atoms with Gasteiger partial charge in [0.05, 0.1) is 0 Å². The molecular weight excluding hydrogens is 216 g/mol. The summed E-state index contributed by atoms with van der Waals surface area (Å²) in [6, 6.07) is 10.2. The van der Waals surface area contributed by atoms with Crippen LogP contribution < -0.4 is 10.6 Å². The van der Waals surface area contributed by atoms with Crippen LogP contribution in [-0.4, -0.2) is 10.5 Å². The van der Waals surface area contributed by atoms with Crippen LogP contribution >= 0.6 is 12.2 Å². The zero-order valence-electron chi connectivity index (χ0n) is 9.58. The maximum Gasteiger partial charge on any atom is 0.101 e. The number of hydrogen-bond acceptors (Lipinski definition) is 2. The van der Waals surface area contributed by atoms with E-state index in [1.165, 1.54) is 5.70 Å². The van der Waals surface area contributed by atoms with E-state index in [0.29, 0.717) is 0 Å². The van der Waals surface area contributed by atoms with Gasteiger partial charge < -0.3 is 10.6 Å². The van der Waals surface area contributed by atoms with Gasteiger partial charge in [-0.1, -0.05) is 30.4 Å². The highest BCUT2D eigenvalue weighted by Crippen LogP contribution is 2.22. The highest BCUT2D eigenvalue weighted by atomic mass is 32.1. The molecule has 0 aliphatic carbocycles. The fourth-order valence-electron chi connectivity index (χ4n) is 1.89. The van der Waals surface area contributed by atoms with Crippen LogP contribution in [0.3, 0.4) is 0 Å². The van der Waals surface area contributed by atoms with E-state index >= 15 is 0 Å². The van der Waals surface area contributed by atoms with E-state index in [1.807, 2.05) is 24.3 Å². The Morgan fingerprint density at radius 2 is 1.94 bits per heavy atom. The van der Waals surface area contributed by atoms with Crippen molar-refractivity contribution in [1.29, 1.82) is 0 Å². The van der Waals surface area contributed by atoms with E-state index < -0.39 is 0 Å². The lowest BCUT2D eigenvalue weighted by atomic mass is 9.95. The van der Waals surface area contributed by atoms with E-state index in [9.17, 15) is 0 Å². The lowest BCUT2D eigenvalue weighted by molar-refractivity contribution is 0.453. The monoisotopic (exact) mass is 232 g/mol. The third-order valence-electron chi connectivity index (χ3n) is 2.48. The molecule has 0 unspecified atom stereocenters. The van der Waals surface area contributed by atoms with Gasteiger partial charge in [-0.05, 0) is 32.1 Å². The normalized spacial score (nSPS) is 18.6. The maximum atomic E-state index is 5.22. The molecule has 0 amide bonds. The summed E-state index contributed by atoms with van der Waals surface area (Å²) in [5.74, 6) is 0. The summed E-state index contributed by atoms with van der Waals surface area (Å²) in [6.45, 7) is 4.30. The summed E-state index contributed by atoms with van der Waals surface area (Å²) < 4.78 is 0. The first-order valence-corrected chi connectivity index (χ1v) is 5.81. The molecule has 1 aromatic rings. The molecule has 1 aliphatic rings. The molecule has 0 saturated heterocycles. The molecule has 0 aromatic heterocycles. The first kappa shape index (κ1) is 11.1. The van der Waals surface area contributed by atoms with Crippen LogP contribution in [0.4, 0.5) is 5.69 Å². The molecule has 0 fully saturated rings. The third-order valence-corrected chi connectivity index (χ3v) is 2.70. The number of nitrogens with one attached hydrogen (secondary N) is 2. The zero-order valence-corrected chi connectivity index (χ0v) is 10.4. The van der Waals surface area contributed by atoms with Crippen molar-refractivity contribution in [3.8, 4) is 0 Å². The van der Waals surface area contributed by atoms with Gasteiger partial charge in [-0.2, -0.15) is 0 Å². The molecule has 0 saturated carbocycles. The molecule has 0 spiro atoms. The molecule has 0 atom stereocenters. The van der Waals surface area contributed by atoms with Gasteiger partial charge >= 0.3 is 0 Å². The Morgan fingerprint density at radius 3 is 2.56 bits per heavy atom. The van der Waals surface area contributed by atoms with Crippen LogP contribution in [0.25, 0.3) is 0 Å². The number of rotatable bonds is 2. The average Bonchev–Trinajstić information content (AvgIpc) is 2.15. The summed E-state index contributed by atoms with van der Waals surface area (Å²) in [5.41, 5.74) is 2.30. The van der Waals surface area contributed by atoms with Crippen molar-refractivity contribution >= 4 is 22.9 Å². The van der Waals surface area contributed by atoms with Crippen molar-refractivity contribution in [3.05, 3.63) is 42.1 Å². The molecule has 84 valence electrons. The summed E-state index contributed by atoms with van der Waals surface area (Å²) in [7, 11) is 0. The van der Waals surface area contributed by atoms with Crippen molar-refractivity contribution in [2.24, 2.45) is 0 Å². The summed E-state index contributed by atoms with van der Waals surface area (Å²) in [4.78, 5) is 0.801. The van der Waals surface area contributed by atoms with Gasteiger partial charge in [0.25, 0.3) is 0 Å². The summed E-state index contributed by atoms with van der Waals surface area (Å²) in [5, 5.41) is 6.69. The first-order valence-electron chi connectivity index (χ1n) is 5.40. The predicted molar refractivity (Wildman–Crippen MR) is 72.6 cm³/mol. The Bertz CT molecular complexity index is 421. The van der Waals surface area contributed by atoms with Crippen molar-refractivity contribution < 1.29 is 0 Å². The molecular formula is C13H16N2S. The second-order valence-electron chi connectivity index (χ2n) is 4.71. The standard InChI is InChI=1S/C13H16N2S/c1-13(2)9-11(8-12(16)15-13)14-10-6-4-3-5-7-10/h3-8,14H,9H2,1-2H3,(H,15,16). The second kappa shape index (κ2) is 4.26. The highest BCUT2D eigenvalue weighted by Gasteiger charge is 2.24. The predicted octanol–water partition coefficient (Wildman–Crippen LogP) is 3.08. The van der Waals surface area contributed by atoms with Gasteiger partial charge in [0, 0.05) is 23.3 Å². The van der Waals surface area contributed by atoms with Crippen molar-refractivity contribution in [2.45, 2.75) is 25.8 Å². The number of anilines is 1. The number of hydrogen-bond donors (Lipinski definition) is 2. The smallest absolute Gasteiger partial charge is 0.101 e. The molecule has 0 bridgehead atoms. The van der Waals surface area contributed by atoms with Crippen LogP contribution in [0.15, 0.2) is 42.1 Å². The van der Waals surface area contributed by atoms with Crippen LogP contribution in [0, 0.1) is 0 Å².